The molecule has 152 valence electrons. The Kier molecular flexibility index (Phi) is 7.08. The molecule has 2 aromatic carbocycles. The zero-order chi connectivity index (χ0) is 21.0. The van der Waals surface area contributed by atoms with Crippen LogP contribution in [-0.2, 0) is 6.42 Å². The van der Waals surface area contributed by atoms with E-state index in [0.717, 1.165) is 14.5 Å². The lowest BCUT2D eigenvalue weighted by Gasteiger charge is -2.13. The van der Waals surface area contributed by atoms with Crippen LogP contribution < -0.4 is 15.0 Å². The third kappa shape index (κ3) is 4.70. The first-order valence-electron chi connectivity index (χ1n) is 9.33. The van der Waals surface area contributed by atoms with Crippen molar-refractivity contribution in [3.8, 4) is 11.5 Å². The molecule has 0 unspecified atom stereocenters. The minimum atomic E-state index is -0.209. The quantitative estimate of drug-likeness (QED) is 0.402. The van der Waals surface area contributed by atoms with Crippen molar-refractivity contribution in [3.63, 3.8) is 0 Å². The summed E-state index contributed by atoms with van der Waals surface area (Å²) in [6.07, 6.45) is 2.20. The Balaban J connectivity index is 2.09. The summed E-state index contributed by atoms with van der Waals surface area (Å²) in [5.41, 5.74) is 1.22. The molecule has 3 rings (SSSR count). The SMILES string of the molecule is CCOc1cc(C=Nn2c(CC)nc3ccc(Br)cc3c2=O)cc(Br)c1OCC. The van der Waals surface area contributed by atoms with Gasteiger partial charge >= 0.3 is 0 Å². The van der Waals surface area contributed by atoms with E-state index >= 15 is 0 Å². The number of aryl methyl sites for hydroxylation is 1. The van der Waals surface area contributed by atoms with Crippen molar-refractivity contribution in [2.45, 2.75) is 27.2 Å². The second-order valence-electron chi connectivity index (χ2n) is 6.10. The average Bonchev–Trinajstić information content (AvgIpc) is 2.70. The van der Waals surface area contributed by atoms with Crippen molar-refractivity contribution in [1.29, 1.82) is 0 Å². The second-order valence-corrected chi connectivity index (χ2v) is 7.87. The Hall–Kier alpha value is -2.19. The molecule has 0 aliphatic carbocycles. The Morgan fingerprint density at radius 3 is 2.55 bits per heavy atom. The predicted molar refractivity (Wildman–Crippen MR) is 123 cm³/mol. The molecule has 1 aromatic heterocycles. The summed E-state index contributed by atoms with van der Waals surface area (Å²) in [6, 6.07) is 9.17. The van der Waals surface area contributed by atoms with Crippen molar-refractivity contribution in [2.75, 3.05) is 13.2 Å². The predicted octanol–water partition coefficient (Wildman–Crippen LogP) is 5.16. The van der Waals surface area contributed by atoms with E-state index in [1.165, 1.54) is 4.68 Å². The maximum Gasteiger partial charge on any atom is 0.282 e. The van der Waals surface area contributed by atoms with E-state index in [1.807, 2.05) is 45.0 Å². The highest BCUT2D eigenvalue weighted by molar-refractivity contribution is 9.10. The minimum absolute atomic E-state index is 0.209. The molecule has 0 aliphatic rings. The Morgan fingerprint density at radius 2 is 1.86 bits per heavy atom. The molecule has 0 atom stereocenters. The van der Waals surface area contributed by atoms with Crippen LogP contribution >= 0.6 is 31.9 Å². The van der Waals surface area contributed by atoms with Gasteiger partial charge in [0.1, 0.15) is 5.82 Å². The fraction of sp³-hybridized carbons (Fsp3) is 0.286. The van der Waals surface area contributed by atoms with Gasteiger partial charge in [-0.3, -0.25) is 4.79 Å². The number of hydrogen-bond acceptors (Lipinski definition) is 5. The smallest absolute Gasteiger partial charge is 0.282 e. The van der Waals surface area contributed by atoms with Crippen LogP contribution in [0.4, 0.5) is 0 Å². The van der Waals surface area contributed by atoms with Crippen LogP contribution in [0.1, 0.15) is 32.2 Å². The van der Waals surface area contributed by atoms with E-state index in [2.05, 4.69) is 41.9 Å². The Morgan fingerprint density at radius 1 is 1.10 bits per heavy atom. The molecule has 0 radical (unpaired) electrons. The van der Waals surface area contributed by atoms with Gasteiger partial charge in [-0.25, -0.2) is 4.98 Å². The largest absolute Gasteiger partial charge is 0.490 e. The van der Waals surface area contributed by atoms with Gasteiger partial charge in [-0.1, -0.05) is 22.9 Å². The summed E-state index contributed by atoms with van der Waals surface area (Å²) in [6.45, 7) is 6.81. The molecule has 1 heterocycles. The zero-order valence-corrected chi connectivity index (χ0v) is 19.6. The zero-order valence-electron chi connectivity index (χ0n) is 16.4. The Bertz CT molecular complexity index is 1130. The van der Waals surface area contributed by atoms with Gasteiger partial charge in [0.05, 0.1) is 34.8 Å². The maximum atomic E-state index is 13.0. The number of ether oxygens (including phenoxy) is 2. The molecule has 3 aromatic rings. The standard InChI is InChI=1S/C21H21Br2N3O3/c1-4-19-25-17-8-7-14(22)11-15(17)21(27)26(19)24-12-13-9-16(23)20(29-6-3)18(10-13)28-5-2/h7-12H,4-6H2,1-3H3. The van der Waals surface area contributed by atoms with E-state index in [4.69, 9.17) is 9.47 Å². The molecule has 0 saturated carbocycles. The summed E-state index contributed by atoms with van der Waals surface area (Å²) in [7, 11) is 0. The highest BCUT2D eigenvalue weighted by Crippen LogP contribution is 2.36. The first kappa shape index (κ1) is 21.5. The van der Waals surface area contributed by atoms with Crippen LogP contribution in [-0.4, -0.2) is 29.1 Å². The monoisotopic (exact) mass is 521 g/mol. The van der Waals surface area contributed by atoms with E-state index in [-0.39, 0.29) is 5.56 Å². The normalized spacial score (nSPS) is 11.3. The molecule has 6 nitrogen and oxygen atoms in total. The number of fused-ring (bicyclic) bond motifs is 1. The van der Waals surface area contributed by atoms with Gasteiger partial charge < -0.3 is 9.47 Å². The Labute approximate surface area is 185 Å². The van der Waals surface area contributed by atoms with Gasteiger partial charge in [-0.15, -0.1) is 0 Å². The maximum absolute atomic E-state index is 13.0. The fourth-order valence-corrected chi connectivity index (χ4v) is 3.81. The van der Waals surface area contributed by atoms with Crippen LogP contribution in [0.5, 0.6) is 11.5 Å². The van der Waals surface area contributed by atoms with Gasteiger partial charge in [-0.2, -0.15) is 9.78 Å². The molecule has 0 aliphatic heterocycles. The highest BCUT2D eigenvalue weighted by atomic mass is 79.9. The van der Waals surface area contributed by atoms with E-state index in [1.54, 1.807) is 12.3 Å². The molecule has 0 N–H and O–H groups in total. The topological polar surface area (TPSA) is 65.7 Å². The van der Waals surface area contributed by atoms with E-state index < -0.39 is 0 Å². The number of rotatable bonds is 7. The summed E-state index contributed by atoms with van der Waals surface area (Å²) in [4.78, 5) is 17.6. The second kappa shape index (κ2) is 9.54. The number of halogens is 2. The first-order valence-corrected chi connectivity index (χ1v) is 10.9. The number of hydrogen-bond donors (Lipinski definition) is 0. The van der Waals surface area contributed by atoms with Crippen LogP contribution in [0.15, 0.2) is 49.2 Å². The fourth-order valence-electron chi connectivity index (χ4n) is 2.88. The van der Waals surface area contributed by atoms with Gasteiger partial charge in [0.2, 0.25) is 0 Å². The van der Waals surface area contributed by atoms with Crippen molar-refractivity contribution in [2.24, 2.45) is 5.10 Å². The lowest BCUT2D eigenvalue weighted by molar-refractivity contribution is 0.286. The van der Waals surface area contributed by atoms with Crippen molar-refractivity contribution < 1.29 is 9.47 Å². The summed E-state index contributed by atoms with van der Waals surface area (Å²) >= 11 is 6.93. The van der Waals surface area contributed by atoms with Crippen LogP contribution in [0.3, 0.4) is 0 Å². The van der Waals surface area contributed by atoms with Gasteiger partial charge in [0.15, 0.2) is 11.5 Å². The van der Waals surface area contributed by atoms with Crippen molar-refractivity contribution in [1.82, 2.24) is 9.66 Å². The third-order valence-electron chi connectivity index (χ3n) is 4.13. The molecule has 0 fully saturated rings. The van der Waals surface area contributed by atoms with E-state index in [9.17, 15) is 4.79 Å². The molecule has 0 saturated heterocycles. The van der Waals surface area contributed by atoms with Gasteiger partial charge in [0, 0.05) is 10.9 Å². The van der Waals surface area contributed by atoms with Crippen LogP contribution in [0, 0.1) is 0 Å². The third-order valence-corrected chi connectivity index (χ3v) is 5.22. The van der Waals surface area contributed by atoms with Crippen molar-refractivity contribution >= 4 is 49.0 Å². The molecule has 29 heavy (non-hydrogen) atoms. The molecule has 0 bridgehead atoms. The molecular formula is C21H21Br2N3O3. The number of aromatic nitrogens is 2. The average molecular weight is 523 g/mol. The number of benzene rings is 2. The minimum Gasteiger partial charge on any atom is -0.490 e. The molecule has 0 amide bonds. The molecule has 0 spiro atoms. The summed E-state index contributed by atoms with van der Waals surface area (Å²) < 4.78 is 14.3. The number of nitrogens with zero attached hydrogens (tertiary/aromatic N) is 3. The lowest BCUT2D eigenvalue weighted by atomic mass is 10.2. The molecular weight excluding hydrogens is 502 g/mol. The summed E-state index contributed by atoms with van der Waals surface area (Å²) in [5, 5.41) is 4.94. The molecule has 8 heteroatoms. The summed E-state index contributed by atoms with van der Waals surface area (Å²) in [5.74, 6) is 1.86. The lowest BCUT2D eigenvalue weighted by Crippen LogP contribution is -2.22. The van der Waals surface area contributed by atoms with Crippen LogP contribution in [0.2, 0.25) is 0 Å². The van der Waals surface area contributed by atoms with Gasteiger partial charge in [0.25, 0.3) is 5.56 Å². The highest BCUT2D eigenvalue weighted by Gasteiger charge is 2.12. The van der Waals surface area contributed by atoms with Crippen LogP contribution in [0.25, 0.3) is 10.9 Å². The van der Waals surface area contributed by atoms with Gasteiger partial charge in [-0.05, 0) is 65.7 Å². The van der Waals surface area contributed by atoms with E-state index in [0.29, 0.717) is 47.9 Å². The first-order chi connectivity index (χ1) is 14.0. The van der Waals surface area contributed by atoms with Crippen molar-refractivity contribution in [3.05, 3.63) is 61.0 Å².